The fourth-order valence-electron chi connectivity index (χ4n) is 2.53. The Bertz CT molecular complexity index is 916. The van der Waals surface area contributed by atoms with Crippen molar-refractivity contribution in [1.82, 2.24) is 4.90 Å². The zero-order valence-electron chi connectivity index (χ0n) is 14.8. The summed E-state index contributed by atoms with van der Waals surface area (Å²) >= 11 is 4.55. The number of hydrogen-bond acceptors (Lipinski definition) is 4. The van der Waals surface area contributed by atoms with Gasteiger partial charge in [-0.1, -0.05) is 33.8 Å². The highest BCUT2D eigenvalue weighted by Crippen LogP contribution is 2.30. The molecule has 0 unspecified atom stereocenters. The number of anilines is 1. The molecule has 1 fully saturated rings. The molecular weight excluding hydrogens is 445 g/mol. The summed E-state index contributed by atoms with van der Waals surface area (Å²) in [6.07, 6.45) is 1.66. The first-order chi connectivity index (χ1) is 13.5. The van der Waals surface area contributed by atoms with E-state index in [1.807, 2.05) is 12.1 Å². The van der Waals surface area contributed by atoms with Gasteiger partial charge in [0.05, 0.1) is 5.69 Å². The molecule has 1 aliphatic heterocycles. The number of hydrogen-bond donors (Lipinski definition) is 1. The van der Waals surface area contributed by atoms with E-state index in [4.69, 9.17) is 0 Å². The molecular formula is C20H17BrFN3O2S. The van der Waals surface area contributed by atoms with Crippen LogP contribution in [0.2, 0.25) is 0 Å². The summed E-state index contributed by atoms with van der Waals surface area (Å²) in [4.78, 5) is 31.2. The lowest BCUT2D eigenvalue weighted by atomic mass is 10.2. The maximum atomic E-state index is 13.1. The van der Waals surface area contributed by atoms with Crippen molar-refractivity contribution in [1.29, 1.82) is 0 Å². The van der Waals surface area contributed by atoms with E-state index in [1.54, 1.807) is 18.2 Å². The van der Waals surface area contributed by atoms with Gasteiger partial charge in [0.2, 0.25) is 11.8 Å². The zero-order chi connectivity index (χ0) is 20.1. The minimum absolute atomic E-state index is 0.0588. The highest BCUT2D eigenvalue weighted by molar-refractivity contribution is 9.10. The van der Waals surface area contributed by atoms with Gasteiger partial charge in [-0.2, -0.15) is 0 Å². The average Bonchev–Trinajstić information content (AvgIpc) is 2.68. The molecule has 1 atom stereocenters. The van der Waals surface area contributed by atoms with Gasteiger partial charge < -0.3 is 5.32 Å². The fourth-order valence-corrected chi connectivity index (χ4v) is 3.90. The van der Waals surface area contributed by atoms with E-state index in [2.05, 4.69) is 32.8 Å². The summed E-state index contributed by atoms with van der Waals surface area (Å²) in [6.45, 7) is 3.95. The highest BCUT2D eigenvalue weighted by atomic mass is 79.9. The molecule has 144 valence electrons. The molecule has 0 aliphatic carbocycles. The van der Waals surface area contributed by atoms with Crippen LogP contribution in [0.3, 0.4) is 0 Å². The third-order valence-corrected chi connectivity index (χ3v) is 5.62. The lowest BCUT2D eigenvalue weighted by Crippen LogP contribution is -2.45. The summed E-state index contributed by atoms with van der Waals surface area (Å²) in [5, 5.41) is 2.60. The van der Waals surface area contributed by atoms with Crippen molar-refractivity contribution in [3.63, 3.8) is 0 Å². The molecule has 0 radical (unpaired) electrons. The largest absolute Gasteiger partial charge is 0.325 e. The predicted molar refractivity (Wildman–Crippen MR) is 114 cm³/mol. The first-order valence-electron chi connectivity index (χ1n) is 8.45. The second kappa shape index (κ2) is 9.16. The van der Waals surface area contributed by atoms with E-state index < -0.39 is 5.25 Å². The molecule has 2 aromatic carbocycles. The third kappa shape index (κ3) is 5.08. The topological polar surface area (TPSA) is 61.8 Å². The summed E-state index contributed by atoms with van der Waals surface area (Å²) in [5.74, 6) is -0.854. The van der Waals surface area contributed by atoms with Crippen LogP contribution in [0.1, 0.15) is 6.42 Å². The summed E-state index contributed by atoms with van der Waals surface area (Å²) in [7, 11) is 0. The van der Waals surface area contributed by atoms with E-state index >= 15 is 0 Å². The van der Waals surface area contributed by atoms with Gasteiger partial charge in [-0.05, 0) is 48.5 Å². The van der Waals surface area contributed by atoms with E-state index in [0.29, 0.717) is 16.5 Å². The number of halogens is 2. The lowest BCUT2D eigenvalue weighted by molar-refractivity contribution is -0.129. The molecule has 0 saturated carbocycles. The van der Waals surface area contributed by atoms with Crippen LogP contribution in [-0.4, -0.2) is 33.7 Å². The number of amidine groups is 1. The second-order valence-corrected chi connectivity index (χ2v) is 8.06. The monoisotopic (exact) mass is 461 g/mol. The molecule has 2 aromatic rings. The molecule has 8 heteroatoms. The number of nitrogens with one attached hydrogen (secondary N) is 1. The smallest absolute Gasteiger partial charge is 0.238 e. The zero-order valence-corrected chi connectivity index (χ0v) is 17.2. The van der Waals surface area contributed by atoms with Gasteiger partial charge in [0.15, 0.2) is 5.17 Å². The van der Waals surface area contributed by atoms with Crippen molar-refractivity contribution < 1.29 is 14.0 Å². The van der Waals surface area contributed by atoms with Crippen LogP contribution in [0.15, 0.2) is 70.7 Å². The molecule has 1 aliphatic rings. The Morgan fingerprint density at radius 1 is 1.29 bits per heavy atom. The number of aliphatic imine (C=N–C) groups is 1. The standard InChI is InChI=1S/C20H17BrFN3O2S/c1-2-11-25-18(26)12-17(19(27)23-15-7-3-13(21)4-8-15)28-20(25)24-16-9-5-14(22)6-10-16/h2-10,17H,1,11-12H2,(H,23,27)/t17-/m0/s1. The number of rotatable bonds is 5. The first-order valence-corrected chi connectivity index (χ1v) is 10.1. The van der Waals surface area contributed by atoms with Crippen LogP contribution in [-0.2, 0) is 9.59 Å². The fraction of sp³-hybridized carbons (Fsp3) is 0.150. The Kier molecular flexibility index (Phi) is 6.64. The summed E-state index contributed by atoms with van der Waals surface area (Å²) in [5.41, 5.74) is 1.14. The Morgan fingerprint density at radius 3 is 2.61 bits per heavy atom. The van der Waals surface area contributed by atoms with Crippen LogP contribution in [0.4, 0.5) is 15.8 Å². The molecule has 1 saturated heterocycles. The van der Waals surface area contributed by atoms with Gasteiger partial charge in [-0.25, -0.2) is 9.38 Å². The van der Waals surface area contributed by atoms with Crippen molar-refractivity contribution in [3.05, 3.63) is 71.5 Å². The van der Waals surface area contributed by atoms with E-state index in [9.17, 15) is 14.0 Å². The predicted octanol–water partition coefficient (Wildman–Crippen LogP) is 4.73. The molecule has 0 bridgehead atoms. The molecule has 28 heavy (non-hydrogen) atoms. The quantitative estimate of drug-likeness (QED) is 0.654. The molecule has 5 nitrogen and oxygen atoms in total. The van der Waals surface area contributed by atoms with Gasteiger partial charge in [-0.15, -0.1) is 6.58 Å². The van der Waals surface area contributed by atoms with E-state index in [0.717, 1.165) is 4.47 Å². The van der Waals surface area contributed by atoms with Crippen LogP contribution in [0.25, 0.3) is 0 Å². The van der Waals surface area contributed by atoms with Crippen molar-refractivity contribution in [2.24, 2.45) is 4.99 Å². The number of thioether (sulfide) groups is 1. The van der Waals surface area contributed by atoms with Gasteiger partial charge in [0.25, 0.3) is 0 Å². The average molecular weight is 462 g/mol. The van der Waals surface area contributed by atoms with Gasteiger partial charge >= 0.3 is 0 Å². The first kappa shape index (κ1) is 20.3. The number of carbonyl (C=O) groups excluding carboxylic acids is 2. The van der Waals surface area contributed by atoms with Crippen LogP contribution in [0, 0.1) is 5.82 Å². The Hall–Kier alpha value is -2.45. The van der Waals surface area contributed by atoms with Crippen molar-refractivity contribution >= 4 is 56.0 Å². The maximum absolute atomic E-state index is 13.1. The van der Waals surface area contributed by atoms with E-state index in [-0.39, 0.29) is 30.6 Å². The molecule has 0 aromatic heterocycles. The minimum atomic E-state index is -0.614. The molecule has 0 spiro atoms. The highest BCUT2D eigenvalue weighted by Gasteiger charge is 2.35. The lowest BCUT2D eigenvalue weighted by Gasteiger charge is -2.31. The van der Waals surface area contributed by atoms with Crippen molar-refractivity contribution in [2.75, 3.05) is 11.9 Å². The Morgan fingerprint density at radius 2 is 1.96 bits per heavy atom. The summed E-state index contributed by atoms with van der Waals surface area (Å²) in [6, 6.07) is 12.8. The second-order valence-electron chi connectivity index (χ2n) is 5.97. The van der Waals surface area contributed by atoms with Crippen molar-refractivity contribution in [2.45, 2.75) is 11.7 Å². The molecule has 3 rings (SSSR count). The van der Waals surface area contributed by atoms with Crippen LogP contribution in [0.5, 0.6) is 0 Å². The molecule has 1 N–H and O–H groups in total. The normalized spacial score (nSPS) is 18.2. The number of benzene rings is 2. The van der Waals surface area contributed by atoms with Crippen LogP contribution >= 0.6 is 27.7 Å². The van der Waals surface area contributed by atoms with E-state index in [1.165, 1.54) is 40.9 Å². The van der Waals surface area contributed by atoms with Crippen LogP contribution < -0.4 is 5.32 Å². The van der Waals surface area contributed by atoms with Gasteiger partial charge in [0.1, 0.15) is 11.1 Å². The van der Waals surface area contributed by atoms with Gasteiger partial charge in [0, 0.05) is 23.1 Å². The number of carbonyl (C=O) groups is 2. The van der Waals surface area contributed by atoms with Gasteiger partial charge in [-0.3, -0.25) is 14.5 Å². The third-order valence-electron chi connectivity index (χ3n) is 3.91. The Balaban J connectivity index is 1.81. The maximum Gasteiger partial charge on any atom is 0.238 e. The number of amides is 2. The van der Waals surface area contributed by atoms with Crippen molar-refractivity contribution in [3.8, 4) is 0 Å². The molecule has 1 heterocycles. The minimum Gasteiger partial charge on any atom is -0.325 e. The Labute approximate surface area is 174 Å². The summed E-state index contributed by atoms with van der Waals surface area (Å²) < 4.78 is 14.0. The SMILES string of the molecule is C=CCN1C(=O)C[C@@H](C(=O)Nc2ccc(Br)cc2)SC1=Nc1ccc(F)cc1. The molecule has 2 amide bonds. The number of nitrogens with zero attached hydrogens (tertiary/aromatic N) is 2.